The maximum Gasteiger partial charge on any atom is 0.103 e. The molecule has 18 heavy (non-hydrogen) atoms. The quantitative estimate of drug-likeness (QED) is 0.809. The second-order valence-corrected chi connectivity index (χ2v) is 5.79. The lowest BCUT2D eigenvalue weighted by atomic mass is 9.86. The number of hydrogen-bond donors (Lipinski definition) is 1. The molecule has 0 atom stereocenters. The van der Waals surface area contributed by atoms with Crippen LogP contribution in [0.2, 0.25) is 0 Å². The number of aliphatic hydroxyl groups excluding tert-OH is 1. The van der Waals surface area contributed by atoms with Crippen LogP contribution >= 0.6 is 0 Å². The van der Waals surface area contributed by atoms with Crippen LogP contribution in [0.25, 0.3) is 0 Å². The van der Waals surface area contributed by atoms with Gasteiger partial charge in [0, 0.05) is 25.0 Å². The number of aliphatic hydroxyl groups is 1. The first kappa shape index (κ1) is 13.6. The molecule has 102 valence electrons. The molecule has 0 radical (unpaired) electrons. The summed E-state index contributed by atoms with van der Waals surface area (Å²) in [5.74, 6) is 1.07. The van der Waals surface area contributed by atoms with Gasteiger partial charge in [-0.25, -0.2) is 0 Å². The van der Waals surface area contributed by atoms with Crippen LogP contribution in [0.1, 0.15) is 37.9 Å². The Labute approximate surface area is 110 Å². The minimum Gasteiger partial charge on any atom is -0.469 e. The molecule has 0 aliphatic heterocycles. The Morgan fingerprint density at radius 3 is 2.78 bits per heavy atom. The summed E-state index contributed by atoms with van der Waals surface area (Å²) in [7, 11) is 2.16. The highest BCUT2D eigenvalue weighted by Gasteiger charge is 2.33. The van der Waals surface area contributed by atoms with Crippen LogP contribution in [0.15, 0.2) is 22.8 Å². The highest BCUT2D eigenvalue weighted by molar-refractivity contribution is 4.98. The third kappa shape index (κ3) is 3.59. The Morgan fingerprint density at radius 1 is 1.39 bits per heavy atom. The molecular formula is C15H25NO2. The number of furan rings is 1. The van der Waals surface area contributed by atoms with Gasteiger partial charge in [0.05, 0.1) is 6.26 Å². The first-order valence-electron chi connectivity index (χ1n) is 7.06. The fourth-order valence-corrected chi connectivity index (χ4v) is 3.12. The Kier molecular flexibility index (Phi) is 4.84. The molecule has 0 saturated heterocycles. The fourth-order valence-electron chi connectivity index (χ4n) is 3.12. The summed E-state index contributed by atoms with van der Waals surface area (Å²) >= 11 is 0. The Hall–Kier alpha value is -0.800. The van der Waals surface area contributed by atoms with Crippen molar-refractivity contribution in [2.24, 2.45) is 5.41 Å². The molecule has 1 N–H and O–H groups in total. The Morgan fingerprint density at radius 2 is 2.17 bits per heavy atom. The van der Waals surface area contributed by atoms with E-state index in [2.05, 4.69) is 11.9 Å². The summed E-state index contributed by atoms with van der Waals surface area (Å²) in [6.07, 6.45) is 8.78. The van der Waals surface area contributed by atoms with Crippen molar-refractivity contribution in [2.45, 2.75) is 38.5 Å². The molecule has 1 aliphatic rings. The first-order valence-corrected chi connectivity index (χ1v) is 7.06. The summed E-state index contributed by atoms with van der Waals surface area (Å²) in [6, 6.07) is 3.98. The Bertz CT molecular complexity index is 328. The SMILES string of the molecule is CN(CCCc1ccco1)CC1(CO)CCCC1. The molecule has 1 aromatic rings. The van der Waals surface area contributed by atoms with Gasteiger partial charge < -0.3 is 14.4 Å². The van der Waals surface area contributed by atoms with Crippen molar-refractivity contribution in [2.75, 3.05) is 26.7 Å². The zero-order valence-corrected chi connectivity index (χ0v) is 11.4. The molecule has 2 rings (SSSR count). The average molecular weight is 251 g/mol. The van der Waals surface area contributed by atoms with Gasteiger partial charge in [-0.3, -0.25) is 0 Å². The average Bonchev–Trinajstić information content (AvgIpc) is 3.01. The van der Waals surface area contributed by atoms with Crippen molar-refractivity contribution in [1.82, 2.24) is 4.90 Å². The van der Waals surface area contributed by atoms with E-state index in [0.29, 0.717) is 6.61 Å². The van der Waals surface area contributed by atoms with E-state index >= 15 is 0 Å². The fraction of sp³-hybridized carbons (Fsp3) is 0.733. The summed E-state index contributed by atoms with van der Waals surface area (Å²) < 4.78 is 5.33. The van der Waals surface area contributed by atoms with E-state index in [1.807, 2.05) is 12.1 Å². The molecule has 0 aromatic carbocycles. The molecule has 3 heteroatoms. The van der Waals surface area contributed by atoms with Crippen LogP contribution in [0.4, 0.5) is 0 Å². The topological polar surface area (TPSA) is 36.6 Å². The minimum atomic E-state index is 0.180. The van der Waals surface area contributed by atoms with E-state index in [-0.39, 0.29) is 5.41 Å². The van der Waals surface area contributed by atoms with Crippen LogP contribution in [0, 0.1) is 5.41 Å². The van der Waals surface area contributed by atoms with Gasteiger partial charge in [-0.1, -0.05) is 12.8 Å². The number of hydrogen-bond acceptors (Lipinski definition) is 3. The van der Waals surface area contributed by atoms with Gasteiger partial charge in [0.25, 0.3) is 0 Å². The van der Waals surface area contributed by atoms with Crippen molar-refractivity contribution in [3.05, 3.63) is 24.2 Å². The minimum absolute atomic E-state index is 0.180. The van der Waals surface area contributed by atoms with Gasteiger partial charge in [0.2, 0.25) is 0 Å². The molecule has 0 spiro atoms. The maximum absolute atomic E-state index is 9.60. The molecule has 1 fully saturated rings. The third-order valence-corrected chi connectivity index (χ3v) is 4.15. The molecule has 1 aliphatic carbocycles. The molecule has 0 unspecified atom stereocenters. The predicted molar refractivity (Wildman–Crippen MR) is 72.5 cm³/mol. The lowest BCUT2D eigenvalue weighted by Gasteiger charge is -2.31. The highest BCUT2D eigenvalue weighted by atomic mass is 16.3. The van der Waals surface area contributed by atoms with Crippen LogP contribution in [0.5, 0.6) is 0 Å². The molecular weight excluding hydrogens is 226 g/mol. The Balaban J connectivity index is 1.69. The largest absolute Gasteiger partial charge is 0.469 e. The normalized spacial score (nSPS) is 18.6. The van der Waals surface area contributed by atoms with Crippen molar-refractivity contribution in [1.29, 1.82) is 0 Å². The summed E-state index contributed by atoms with van der Waals surface area (Å²) in [6.45, 7) is 2.44. The van der Waals surface area contributed by atoms with E-state index in [0.717, 1.165) is 31.7 Å². The molecule has 1 aromatic heterocycles. The summed E-state index contributed by atoms with van der Waals surface area (Å²) in [4.78, 5) is 2.37. The van der Waals surface area contributed by atoms with Crippen molar-refractivity contribution >= 4 is 0 Å². The molecule has 0 amide bonds. The molecule has 0 bridgehead atoms. The summed E-state index contributed by atoms with van der Waals surface area (Å²) in [5.41, 5.74) is 0.180. The predicted octanol–water partition coefficient (Wildman–Crippen LogP) is 2.70. The zero-order valence-electron chi connectivity index (χ0n) is 11.4. The highest BCUT2D eigenvalue weighted by Crippen LogP contribution is 2.38. The van der Waals surface area contributed by atoms with Gasteiger partial charge in [-0.15, -0.1) is 0 Å². The maximum atomic E-state index is 9.60. The van der Waals surface area contributed by atoms with Crippen LogP contribution in [-0.2, 0) is 6.42 Å². The van der Waals surface area contributed by atoms with Crippen molar-refractivity contribution in [3.8, 4) is 0 Å². The van der Waals surface area contributed by atoms with Gasteiger partial charge >= 0.3 is 0 Å². The standard InChI is InChI=1S/C15H25NO2/c1-16(10-4-6-14-7-5-11-18-14)12-15(13-17)8-2-3-9-15/h5,7,11,17H,2-4,6,8-10,12-13H2,1H3. The van der Waals surface area contributed by atoms with Gasteiger partial charge in [0.1, 0.15) is 5.76 Å². The third-order valence-electron chi connectivity index (χ3n) is 4.15. The number of nitrogens with zero attached hydrogens (tertiary/aromatic N) is 1. The monoisotopic (exact) mass is 251 g/mol. The van der Waals surface area contributed by atoms with Crippen LogP contribution in [0.3, 0.4) is 0 Å². The number of rotatable bonds is 7. The van der Waals surface area contributed by atoms with E-state index < -0.39 is 0 Å². The second-order valence-electron chi connectivity index (χ2n) is 5.79. The molecule has 1 saturated carbocycles. The van der Waals surface area contributed by atoms with Crippen LogP contribution < -0.4 is 0 Å². The van der Waals surface area contributed by atoms with E-state index in [1.165, 1.54) is 25.7 Å². The first-order chi connectivity index (χ1) is 8.74. The lowest BCUT2D eigenvalue weighted by molar-refractivity contribution is 0.0884. The zero-order chi connectivity index (χ0) is 12.8. The van der Waals surface area contributed by atoms with Crippen LogP contribution in [-0.4, -0.2) is 36.8 Å². The van der Waals surface area contributed by atoms with Gasteiger partial charge in [0.15, 0.2) is 0 Å². The molecule has 3 nitrogen and oxygen atoms in total. The van der Waals surface area contributed by atoms with E-state index in [9.17, 15) is 5.11 Å². The van der Waals surface area contributed by atoms with Crippen molar-refractivity contribution < 1.29 is 9.52 Å². The second kappa shape index (κ2) is 6.39. The lowest BCUT2D eigenvalue weighted by Crippen LogP contribution is -2.37. The van der Waals surface area contributed by atoms with E-state index in [1.54, 1.807) is 6.26 Å². The van der Waals surface area contributed by atoms with Gasteiger partial charge in [-0.05, 0) is 45.0 Å². The van der Waals surface area contributed by atoms with Gasteiger partial charge in [-0.2, -0.15) is 0 Å². The van der Waals surface area contributed by atoms with Crippen molar-refractivity contribution in [3.63, 3.8) is 0 Å². The number of aryl methyl sites for hydroxylation is 1. The molecule has 1 heterocycles. The van der Waals surface area contributed by atoms with E-state index in [4.69, 9.17) is 4.42 Å². The summed E-state index contributed by atoms with van der Waals surface area (Å²) in [5, 5.41) is 9.60. The smallest absolute Gasteiger partial charge is 0.103 e.